The van der Waals surface area contributed by atoms with Crippen LogP contribution < -0.4 is 10.6 Å². The number of rotatable bonds is 4. The first-order valence-electron chi connectivity index (χ1n) is 5.14. The van der Waals surface area contributed by atoms with Crippen LogP contribution in [0, 0.1) is 0 Å². The number of hydrogen-bond acceptors (Lipinski definition) is 3. The monoisotopic (exact) mass is 256 g/mol. The Bertz CT molecular complexity index is 229. The Morgan fingerprint density at radius 2 is 2.25 bits per heavy atom. The molecule has 1 aliphatic heterocycles. The molecule has 1 rings (SSSR count). The molecular formula is C9H15F3N2OS. The molecule has 7 heteroatoms. The fraction of sp³-hybridized carbons (Fsp3) is 0.889. The predicted molar refractivity (Wildman–Crippen MR) is 57.4 cm³/mol. The quantitative estimate of drug-likeness (QED) is 0.741. The molecule has 1 unspecified atom stereocenters. The van der Waals surface area contributed by atoms with Crippen molar-refractivity contribution >= 4 is 17.7 Å². The van der Waals surface area contributed by atoms with Gasteiger partial charge in [-0.25, -0.2) is 0 Å². The lowest BCUT2D eigenvalue weighted by Crippen LogP contribution is -2.49. The zero-order valence-corrected chi connectivity index (χ0v) is 9.59. The highest BCUT2D eigenvalue weighted by Crippen LogP contribution is 2.20. The van der Waals surface area contributed by atoms with E-state index in [9.17, 15) is 18.0 Å². The molecule has 3 nitrogen and oxygen atoms in total. The van der Waals surface area contributed by atoms with Gasteiger partial charge in [0.25, 0.3) is 0 Å². The van der Waals surface area contributed by atoms with Crippen molar-refractivity contribution in [2.75, 3.05) is 24.6 Å². The van der Waals surface area contributed by atoms with Crippen molar-refractivity contribution < 1.29 is 18.0 Å². The van der Waals surface area contributed by atoms with Crippen LogP contribution in [-0.2, 0) is 4.79 Å². The topological polar surface area (TPSA) is 41.1 Å². The molecule has 0 aromatic heterocycles. The molecule has 0 spiro atoms. The number of alkyl halides is 3. The molecule has 1 saturated heterocycles. The van der Waals surface area contributed by atoms with E-state index in [4.69, 9.17) is 0 Å². The summed E-state index contributed by atoms with van der Waals surface area (Å²) in [6, 6.07) is -0.260. The summed E-state index contributed by atoms with van der Waals surface area (Å²) in [5.41, 5.74) is 0. The molecule has 1 amide bonds. The first-order valence-corrected chi connectivity index (χ1v) is 6.30. The lowest BCUT2D eigenvalue weighted by Gasteiger charge is -2.22. The molecule has 0 aliphatic carbocycles. The van der Waals surface area contributed by atoms with Gasteiger partial charge in [0, 0.05) is 31.0 Å². The van der Waals surface area contributed by atoms with E-state index in [1.54, 1.807) is 11.8 Å². The molecule has 2 N–H and O–H groups in total. The van der Waals surface area contributed by atoms with Crippen LogP contribution in [0.25, 0.3) is 0 Å². The van der Waals surface area contributed by atoms with E-state index < -0.39 is 12.6 Å². The largest absolute Gasteiger partial charge is 0.389 e. The van der Waals surface area contributed by atoms with Crippen LogP contribution in [0.15, 0.2) is 0 Å². The van der Waals surface area contributed by atoms with E-state index in [0.29, 0.717) is 5.75 Å². The van der Waals surface area contributed by atoms with E-state index >= 15 is 0 Å². The van der Waals surface area contributed by atoms with Crippen LogP contribution in [0.5, 0.6) is 0 Å². The Kier molecular flexibility index (Phi) is 5.40. The molecule has 1 aliphatic rings. The van der Waals surface area contributed by atoms with Crippen LogP contribution in [-0.4, -0.2) is 42.7 Å². The van der Waals surface area contributed by atoms with Crippen molar-refractivity contribution in [1.29, 1.82) is 0 Å². The van der Waals surface area contributed by atoms with Crippen LogP contribution in [0.4, 0.5) is 13.2 Å². The number of carbonyl (C=O) groups is 1. The summed E-state index contributed by atoms with van der Waals surface area (Å²) in [7, 11) is 0. The Hall–Kier alpha value is -0.430. The van der Waals surface area contributed by atoms with Gasteiger partial charge in [0.05, 0.1) is 6.04 Å². The maximum Gasteiger partial charge on any atom is 0.389 e. The maximum atomic E-state index is 11.8. The van der Waals surface area contributed by atoms with E-state index in [-0.39, 0.29) is 24.9 Å². The molecular weight excluding hydrogens is 241 g/mol. The Morgan fingerprint density at radius 1 is 1.50 bits per heavy atom. The van der Waals surface area contributed by atoms with Gasteiger partial charge >= 0.3 is 6.18 Å². The molecule has 94 valence electrons. The van der Waals surface area contributed by atoms with Crippen molar-refractivity contribution in [3.8, 4) is 0 Å². The van der Waals surface area contributed by atoms with Crippen LogP contribution in [0.1, 0.15) is 12.8 Å². The maximum absolute atomic E-state index is 11.8. The number of halogens is 3. The number of carbonyl (C=O) groups excluding carboxylic acids is 1. The highest BCUT2D eigenvalue weighted by atomic mass is 32.2. The second kappa shape index (κ2) is 6.34. The van der Waals surface area contributed by atoms with E-state index in [2.05, 4.69) is 10.6 Å². The van der Waals surface area contributed by atoms with Crippen LogP contribution >= 0.6 is 11.8 Å². The standard InChI is InChI=1S/C9H15F3N2OS/c10-9(11,12)2-1-3-14-8(15)7-6-16-5-4-13-7/h7,13H,1-6H2,(H,14,15). The van der Waals surface area contributed by atoms with Gasteiger partial charge in [-0.05, 0) is 6.42 Å². The van der Waals surface area contributed by atoms with Crippen molar-refractivity contribution in [1.82, 2.24) is 10.6 Å². The lowest BCUT2D eigenvalue weighted by atomic mass is 10.2. The SMILES string of the molecule is O=C(NCCCC(F)(F)F)C1CSCCN1. The molecule has 1 heterocycles. The van der Waals surface area contributed by atoms with Gasteiger partial charge in [-0.3, -0.25) is 4.79 Å². The third-order valence-electron chi connectivity index (χ3n) is 2.17. The van der Waals surface area contributed by atoms with Crippen molar-refractivity contribution in [3.05, 3.63) is 0 Å². The van der Waals surface area contributed by atoms with Crippen LogP contribution in [0.2, 0.25) is 0 Å². The fourth-order valence-electron chi connectivity index (χ4n) is 1.36. The minimum atomic E-state index is -4.14. The van der Waals surface area contributed by atoms with Crippen molar-refractivity contribution in [2.24, 2.45) is 0 Å². The molecule has 0 aromatic rings. The summed E-state index contributed by atoms with van der Waals surface area (Å²) in [5.74, 6) is 1.46. The molecule has 0 aromatic carbocycles. The number of hydrogen-bond donors (Lipinski definition) is 2. The minimum Gasteiger partial charge on any atom is -0.355 e. The second-order valence-corrected chi connectivity index (χ2v) is 4.74. The Labute approximate surface area is 96.5 Å². The third kappa shape index (κ3) is 5.60. The summed E-state index contributed by atoms with van der Waals surface area (Å²) in [6.07, 6.45) is -5.04. The second-order valence-electron chi connectivity index (χ2n) is 3.59. The zero-order valence-electron chi connectivity index (χ0n) is 8.77. The predicted octanol–water partition coefficient (Wildman–Crippen LogP) is 1.15. The van der Waals surface area contributed by atoms with E-state index in [1.807, 2.05) is 0 Å². The normalized spacial score (nSPS) is 21.8. The average Bonchev–Trinajstić information content (AvgIpc) is 2.24. The third-order valence-corrected chi connectivity index (χ3v) is 3.24. The fourth-order valence-corrected chi connectivity index (χ4v) is 2.29. The van der Waals surface area contributed by atoms with Crippen LogP contribution in [0.3, 0.4) is 0 Å². The number of nitrogens with one attached hydrogen (secondary N) is 2. The highest BCUT2D eigenvalue weighted by Gasteiger charge is 2.26. The van der Waals surface area contributed by atoms with Gasteiger partial charge in [-0.2, -0.15) is 24.9 Å². The summed E-state index contributed by atoms with van der Waals surface area (Å²) in [6.45, 7) is 0.854. The van der Waals surface area contributed by atoms with E-state index in [1.165, 1.54) is 0 Å². The smallest absolute Gasteiger partial charge is 0.355 e. The van der Waals surface area contributed by atoms with Gasteiger partial charge in [0.1, 0.15) is 0 Å². The summed E-state index contributed by atoms with van der Waals surface area (Å²) >= 11 is 1.67. The summed E-state index contributed by atoms with van der Waals surface area (Å²) in [4.78, 5) is 11.5. The molecule has 1 fully saturated rings. The number of amides is 1. The van der Waals surface area contributed by atoms with Gasteiger partial charge in [0.15, 0.2) is 0 Å². The van der Waals surface area contributed by atoms with Gasteiger partial charge in [0.2, 0.25) is 5.91 Å². The molecule has 16 heavy (non-hydrogen) atoms. The Balaban J connectivity index is 2.10. The molecule has 1 atom stereocenters. The number of thioether (sulfide) groups is 1. The van der Waals surface area contributed by atoms with Gasteiger partial charge < -0.3 is 10.6 Å². The highest BCUT2D eigenvalue weighted by molar-refractivity contribution is 7.99. The first-order chi connectivity index (χ1) is 7.49. The minimum absolute atomic E-state index is 0.0604. The van der Waals surface area contributed by atoms with Gasteiger partial charge in [-0.1, -0.05) is 0 Å². The van der Waals surface area contributed by atoms with Crippen molar-refractivity contribution in [3.63, 3.8) is 0 Å². The average molecular weight is 256 g/mol. The van der Waals surface area contributed by atoms with Crippen molar-refractivity contribution in [2.45, 2.75) is 25.1 Å². The first kappa shape index (κ1) is 13.6. The zero-order chi connectivity index (χ0) is 12.0. The van der Waals surface area contributed by atoms with Gasteiger partial charge in [-0.15, -0.1) is 0 Å². The molecule has 0 saturated carbocycles. The lowest BCUT2D eigenvalue weighted by molar-refractivity contribution is -0.136. The molecule has 0 radical (unpaired) electrons. The van der Waals surface area contributed by atoms with E-state index in [0.717, 1.165) is 12.3 Å². The Morgan fingerprint density at radius 3 is 2.81 bits per heavy atom. The summed E-state index contributed by atoms with van der Waals surface area (Å²) in [5, 5.41) is 5.53. The molecule has 0 bridgehead atoms. The summed E-state index contributed by atoms with van der Waals surface area (Å²) < 4.78 is 35.4.